The monoisotopic (exact) mass is 202 g/mol. The number of rotatable bonds is 2. The Hall–Kier alpha value is 0.400. The van der Waals surface area contributed by atoms with Crippen LogP contribution in [-0.4, -0.2) is 15.7 Å². The maximum atomic E-state index is 10.8. The zero-order valence-electron chi connectivity index (χ0n) is 5.60. The van der Waals surface area contributed by atoms with Crippen LogP contribution in [0.5, 0.6) is 0 Å². The summed E-state index contributed by atoms with van der Waals surface area (Å²) < 4.78 is 3.24. The van der Waals surface area contributed by atoms with Gasteiger partial charge in [0.15, 0.2) is 9.77 Å². The molecular formula is C5H8Cl2O2S. The van der Waals surface area contributed by atoms with Crippen molar-refractivity contribution in [2.45, 2.75) is 23.6 Å². The molecule has 0 aliphatic carbocycles. The Morgan fingerprint density at radius 3 is 2.30 bits per heavy atom. The first-order valence-corrected chi connectivity index (χ1v) is 3.86. The van der Waals surface area contributed by atoms with Gasteiger partial charge in [0.05, 0.1) is 0 Å². The first kappa shape index (κ1) is 10.4. The topological polar surface area (TPSA) is 26.3 Å². The standard InChI is InChI=1S/C5H8Cl2O2S/c1-3(6)9-4(8)5(2,7)10/h3,10H,1-2H3. The van der Waals surface area contributed by atoms with E-state index >= 15 is 0 Å². The Balaban J connectivity index is 3.87. The molecule has 0 aromatic heterocycles. The van der Waals surface area contributed by atoms with Gasteiger partial charge in [0.1, 0.15) is 0 Å². The van der Waals surface area contributed by atoms with Crippen molar-refractivity contribution in [1.29, 1.82) is 0 Å². The van der Waals surface area contributed by atoms with Crippen molar-refractivity contribution in [3.63, 3.8) is 0 Å². The smallest absolute Gasteiger partial charge is 0.338 e. The molecule has 2 unspecified atom stereocenters. The van der Waals surface area contributed by atoms with Crippen molar-refractivity contribution in [3.05, 3.63) is 0 Å². The van der Waals surface area contributed by atoms with Gasteiger partial charge in [-0.05, 0) is 13.8 Å². The van der Waals surface area contributed by atoms with E-state index in [1.165, 1.54) is 13.8 Å². The Morgan fingerprint density at radius 1 is 1.80 bits per heavy atom. The molecule has 0 aliphatic rings. The van der Waals surface area contributed by atoms with Crippen LogP contribution in [-0.2, 0) is 9.53 Å². The summed E-state index contributed by atoms with van der Waals surface area (Å²) in [6.45, 7) is 2.94. The summed E-state index contributed by atoms with van der Waals surface area (Å²) in [5, 5.41) is 0. The quantitative estimate of drug-likeness (QED) is 0.422. The lowest BCUT2D eigenvalue weighted by Crippen LogP contribution is -2.26. The van der Waals surface area contributed by atoms with Crippen LogP contribution in [0.25, 0.3) is 0 Å². The maximum absolute atomic E-state index is 10.8. The number of thiol groups is 1. The molecule has 0 amide bonds. The van der Waals surface area contributed by atoms with Gasteiger partial charge in [-0.1, -0.05) is 23.2 Å². The minimum atomic E-state index is -1.29. The first-order chi connectivity index (χ1) is 4.34. The van der Waals surface area contributed by atoms with Crippen LogP contribution in [0, 0.1) is 0 Å². The normalized spacial score (nSPS) is 19.3. The molecular weight excluding hydrogens is 195 g/mol. The molecule has 0 aromatic rings. The number of carbonyl (C=O) groups is 1. The van der Waals surface area contributed by atoms with E-state index in [0.717, 1.165) is 0 Å². The summed E-state index contributed by atoms with van der Waals surface area (Å²) in [5.41, 5.74) is -0.669. The molecule has 0 bridgehead atoms. The van der Waals surface area contributed by atoms with Gasteiger partial charge in [-0.25, -0.2) is 4.79 Å². The second-order valence-corrected chi connectivity index (χ2v) is 4.43. The van der Waals surface area contributed by atoms with Gasteiger partial charge in [0, 0.05) is 0 Å². The lowest BCUT2D eigenvalue weighted by atomic mass is 10.5. The summed E-state index contributed by atoms with van der Waals surface area (Å²) in [6.07, 6.45) is 0. The fourth-order valence-corrected chi connectivity index (χ4v) is 0.433. The molecule has 0 rings (SSSR count). The molecule has 0 heterocycles. The fraction of sp³-hybridized carbons (Fsp3) is 0.800. The Kier molecular flexibility index (Phi) is 3.84. The van der Waals surface area contributed by atoms with Gasteiger partial charge >= 0.3 is 5.97 Å². The van der Waals surface area contributed by atoms with Crippen LogP contribution in [0.1, 0.15) is 13.8 Å². The molecule has 0 spiro atoms. The van der Waals surface area contributed by atoms with Crippen molar-refractivity contribution in [2.24, 2.45) is 0 Å². The van der Waals surface area contributed by atoms with E-state index in [4.69, 9.17) is 23.2 Å². The molecule has 0 saturated carbocycles. The predicted molar refractivity (Wildman–Crippen MR) is 44.7 cm³/mol. The van der Waals surface area contributed by atoms with E-state index in [2.05, 4.69) is 17.4 Å². The highest BCUT2D eigenvalue weighted by molar-refractivity contribution is 7.84. The largest absolute Gasteiger partial charge is 0.444 e. The fourth-order valence-electron chi connectivity index (χ4n) is 0.255. The van der Waals surface area contributed by atoms with Gasteiger partial charge < -0.3 is 4.74 Å². The summed E-state index contributed by atoms with van der Waals surface area (Å²) in [5.74, 6) is -0.639. The molecule has 0 saturated heterocycles. The van der Waals surface area contributed by atoms with Crippen molar-refractivity contribution >= 4 is 41.8 Å². The highest BCUT2D eigenvalue weighted by Crippen LogP contribution is 2.21. The zero-order chi connectivity index (χ0) is 8.36. The minimum absolute atomic E-state index is 0.639. The second-order valence-electron chi connectivity index (χ2n) is 1.90. The number of alkyl halides is 2. The van der Waals surface area contributed by atoms with Crippen LogP contribution >= 0.6 is 35.8 Å². The Morgan fingerprint density at radius 2 is 2.20 bits per heavy atom. The molecule has 0 radical (unpaired) electrons. The van der Waals surface area contributed by atoms with E-state index in [-0.39, 0.29) is 0 Å². The maximum Gasteiger partial charge on any atom is 0.338 e. The molecule has 5 heteroatoms. The van der Waals surface area contributed by atoms with Gasteiger partial charge in [0.25, 0.3) is 0 Å². The SMILES string of the molecule is CC(Cl)OC(=O)C(C)(S)Cl. The lowest BCUT2D eigenvalue weighted by molar-refractivity contribution is -0.144. The average molecular weight is 203 g/mol. The summed E-state index contributed by atoms with van der Waals surface area (Å²) in [7, 11) is 0. The number of hydrogen-bond donors (Lipinski definition) is 1. The van der Waals surface area contributed by atoms with Crippen molar-refractivity contribution in [1.82, 2.24) is 0 Å². The number of carbonyl (C=O) groups excluding carboxylic acids is 1. The molecule has 0 aromatic carbocycles. The molecule has 2 nitrogen and oxygen atoms in total. The van der Waals surface area contributed by atoms with Crippen LogP contribution in [0.2, 0.25) is 0 Å². The highest BCUT2D eigenvalue weighted by Gasteiger charge is 2.28. The predicted octanol–water partition coefficient (Wildman–Crippen LogP) is 2.00. The van der Waals surface area contributed by atoms with Gasteiger partial charge in [-0.15, -0.1) is 12.6 Å². The van der Waals surface area contributed by atoms with Crippen LogP contribution in [0.15, 0.2) is 0 Å². The third-order valence-corrected chi connectivity index (χ3v) is 1.07. The zero-order valence-corrected chi connectivity index (χ0v) is 8.00. The van der Waals surface area contributed by atoms with Crippen molar-refractivity contribution in [3.8, 4) is 0 Å². The molecule has 0 N–H and O–H groups in total. The molecule has 0 fully saturated rings. The van der Waals surface area contributed by atoms with Gasteiger partial charge in [-0.2, -0.15) is 0 Å². The van der Waals surface area contributed by atoms with E-state index in [0.29, 0.717) is 0 Å². The molecule has 10 heavy (non-hydrogen) atoms. The molecule has 2 atom stereocenters. The average Bonchev–Trinajstić information content (AvgIpc) is 1.60. The van der Waals surface area contributed by atoms with E-state index in [9.17, 15) is 4.79 Å². The second kappa shape index (κ2) is 3.69. The number of halogens is 2. The Labute approximate surface area is 75.2 Å². The number of esters is 1. The summed E-state index contributed by atoms with van der Waals surface area (Å²) in [4.78, 5) is 10.8. The van der Waals surface area contributed by atoms with Crippen molar-refractivity contribution in [2.75, 3.05) is 0 Å². The van der Waals surface area contributed by atoms with E-state index in [1.54, 1.807) is 0 Å². The van der Waals surface area contributed by atoms with E-state index in [1.807, 2.05) is 0 Å². The van der Waals surface area contributed by atoms with Gasteiger partial charge in [-0.3, -0.25) is 0 Å². The third kappa shape index (κ3) is 4.25. The third-order valence-electron chi connectivity index (χ3n) is 0.642. The van der Waals surface area contributed by atoms with Crippen LogP contribution < -0.4 is 0 Å². The number of ether oxygens (including phenoxy) is 1. The van der Waals surface area contributed by atoms with Crippen LogP contribution in [0.3, 0.4) is 0 Å². The van der Waals surface area contributed by atoms with Gasteiger partial charge in [0.2, 0.25) is 0 Å². The highest BCUT2D eigenvalue weighted by atomic mass is 35.5. The summed E-state index contributed by atoms with van der Waals surface area (Å²) >= 11 is 14.6. The molecule has 60 valence electrons. The number of hydrogen-bond acceptors (Lipinski definition) is 3. The molecule has 0 aliphatic heterocycles. The van der Waals surface area contributed by atoms with Crippen molar-refractivity contribution < 1.29 is 9.53 Å². The minimum Gasteiger partial charge on any atom is -0.444 e. The lowest BCUT2D eigenvalue weighted by Gasteiger charge is -2.14. The van der Waals surface area contributed by atoms with Crippen LogP contribution in [0.4, 0.5) is 0 Å². The Bertz CT molecular complexity index is 130. The first-order valence-electron chi connectivity index (χ1n) is 2.60. The van der Waals surface area contributed by atoms with E-state index < -0.39 is 15.7 Å². The summed E-state index contributed by atoms with van der Waals surface area (Å²) in [6, 6.07) is 0.